The minimum atomic E-state index is -1.55. The number of carbonyl (C=O) groups excluding carboxylic acids is 4. The van der Waals surface area contributed by atoms with E-state index in [1.165, 1.54) is 4.90 Å². The quantitative estimate of drug-likeness (QED) is 0.368. The third-order valence-corrected chi connectivity index (χ3v) is 10.1. The van der Waals surface area contributed by atoms with Crippen LogP contribution in [0.5, 0.6) is 0 Å². The summed E-state index contributed by atoms with van der Waals surface area (Å²) in [5.41, 5.74) is 0.441. The highest BCUT2D eigenvalue weighted by Crippen LogP contribution is 2.54. The van der Waals surface area contributed by atoms with Crippen LogP contribution in [-0.2, 0) is 28.7 Å². The van der Waals surface area contributed by atoms with Crippen molar-refractivity contribution in [2.75, 3.05) is 24.6 Å². The van der Waals surface area contributed by atoms with Crippen molar-refractivity contribution >= 4 is 41.0 Å². The zero-order chi connectivity index (χ0) is 33.5. The topological polar surface area (TPSA) is 125 Å². The number of allylic oxidation sites excluding steroid dienone is 1. The van der Waals surface area contributed by atoms with E-state index >= 15 is 0 Å². The minimum absolute atomic E-state index is 0.0551. The van der Waals surface area contributed by atoms with E-state index in [1.807, 2.05) is 57.2 Å². The standard InChI is InChI=1S/C36H40ClN3O7/c1-21(2)25(20-41)40-32-34(44)39(31-22(3)11-9-14-24(31)37)18-10-17-36(32)30(33(40)43)29-26(47-36)15-7-8-16-28(42)38-19-27(46-35(29)45)23-12-5-4-6-13-23/h4-7,9-15,17,21,25-27,29-30,32,41H,8,16,18-20H2,1-3H3,(H,38,42)/b15-7-/t25-,26-,27+,29+,30+,32-,36+/m0/s1. The van der Waals surface area contributed by atoms with Crippen molar-refractivity contribution in [3.8, 4) is 0 Å². The number of hydrogen-bond acceptors (Lipinski definition) is 7. The number of halogens is 1. The van der Waals surface area contributed by atoms with Gasteiger partial charge in [-0.25, -0.2) is 0 Å². The van der Waals surface area contributed by atoms with E-state index in [9.17, 15) is 24.3 Å². The fraction of sp³-hybridized carbons (Fsp3) is 0.444. The van der Waals surface area contributed by atoms with Crippen LogP contribution in [0.3, 0.4) is 0 Å². The molecular weight excluding hydrogens is 622 g/mol. The van der Waals surface area contributed by atoms with Gasteiger partial charge in [0.2, 0.25) is 11.8 Å². The van der Waals surface area contributed by atoms with E-state index in [0.29, 0.717) is 22.7 Å². The van der Waals surface area contributed by atoms with Gasteiger partial charge in [0.05, 0.1) is 41.9 Å². The lowest BCUT2D eigenvalue weighted by Crippen LogP contribution is -2.59. The summed E-state index contributed by atoms with van der Waals surface area (Å²) in [6.45, 7) is 5.43. The number of nitrogens with zero attached hydrogens (tertiary/aromatic N) is 2. The average molecular weight is 662 g/mol. The number of amides is 3. The van der Waals surface area contributed by atoms with Crippen molar-refractivity contribution in [1.29, 1.82) is 0 Å². The number of carbonyl (C=O) groups is 4. The Morgan fingerprint density at radius 3 is 2.51 bits per heavy atom. The molecule has 4 heterocycles. The maximum atomic E-state index is 14.9. The van der Waals surface area contributed by atoms with Gasteiger partial charge in [0.1, 0.15) is 23.7 Å². The second-order valence-corrected chi connectivity index (χ2v) is 13.4. The van der Waals surface area contributed by atoms with Crippen LogP contribution in [0.25, 0.3) is 0 Å². The molecule has 2 N–H and O–H groups in total. The van der Waals surface area contributed by atoms with Crippen molar-refractivity contribution in [2.45, 2.75) is 63.5 Å². The molecule has 10 nitrogen and oxygen atoms in total. The van der Waals surface area contributed by atoms with Gasteiger partial charge in [0.25, 0.3) is 5.91 Å². The number of nitrogens with one attached hydrogen (secondary N) is 1. The molecule has 11 heteroatoms. The van der Waals surface area contributed by atoms with Gasteiger partial charge in [0.15, 0.2) is 0 Å². The van der Waals surface area contributed by atoms with Crippen LogP contribution in [0.2, 0.25) is 5.02 Å². The van der Waals surface area contributed by atoms with Crippen LogP contribution in [0.1, 0.15) is 43.9 Å². The van der Waals surface area contributed by atoms with Crippen molar-refractivity contribution < 1.29 is 33.8 Å². The Morgan fingerprint density at radius 2 is 1.81 bits per heavy atom. The van der Waals surface area contributed by atoms with Gasteiger partial charge in [0, 0.05) is 13.0 Å². The Balaban J connectivity index is 1.48. The molecule has 248 valence electrons. The maximum absolute atomic E-state index is 14.9. The number of rotatable bonds is 5. The highest BCUT2D eigenvalue weighted by atomic mass is 35.5. The van der Waals surface area contributed by atoms with Gasteiger partial charge >= 0.3 is 5.97 Å². The van der Waals surface area contributed by atoms with E-state index in [-0.39, 0.29) is 37.9 Å². The first-order valence-electron chi connectivity index (χ1n) is 16.1. The summed E-state index contributed by atoms with van der Waals surface area (Å²) in [6, 6.07) is 12.5. The van der Waals surface area contributed by atoms with Crippen LogP contribution < -0.4 is 10.2 Å². The molecule has 0 radical (unpaired) electrons. The SMILES string of the molecule is Cc1cccc(Cl)c1N1CC=C[C@@]23O[C@H]4/C=C\CCC(=O)NC[C@H](c5ccccc5)OC(=O)[C@H]4[C@@H]2C(=O)N([C@@H](CO)C(C)C)[C@H]3C1=O. The molecule has 0 unspecified atom stereocenters. The molecule has 1 spiro atoms. The van der Waals surface area contributed by atoms with Crippen molar-refractivity contribution in [3.05, 3.63) is 89.0 Å². The number of para-hydroxylation sites is 1. The normalized spacial score (nSPS) is 30.8. The number of fused-ring (bicyclic) bond motifs is 2. The van der Waals surface area contributed by atoms with E-state index < -0.39 is 59.5 Å². The minimum Gasteiger partial charge on any atom is -0.455 e. The van der Waals surface area contributed by atoms with E-state index in [2.05, 4.69) is 5.32 Å². The van der Waals surface area contributed by atoms with Gasteiger partial charge < -0.3 is 29.7 Å². The average Bonchev–Trinajstić information content (AvgIpc) is 3.43. The van der Waals surface area contributed by atoms with Crippen LogP contribution >= 0.6 is 11.6 Å². The number of anilines is 1. The lowest BCUT2D eigenvalue weighted by Gasteiger charge is -2.40. The number of ether oxygens (including phenoxy) is 2. The molecule has 3 amide bonds. The Kier molecular flexibility index (Phi) is 9.29. The molecule has 4 aliphatic heterocycles. The number of cyclic esters (lactones) is 1. The van der Waals surface area contributed by atoms with Crippen LogP contribution in [-0.4, -0.2) is 77.2 Å². The van der Waals surface area contributed by atoms with Crippen LogP contribution in [0.15, 0.2) is 72.8 Å². The zero-order valence-electron chi connectivity index (χ0n) is 26.7. The molecule has 0 aliphatic carbocycles. The van der Waals surface area contributed by atoms with Crippen molar-refractivity contribution in [1.82, 2.24) is 10.2 Å². The van der Waals surface area contributed by atoms with Gasteiger partial charge in [-0.05, 0) is 36.5 Å². The number of benzene rings is 2. The third-order valence-electron chi connectivity index (χ3n) is 9.75. The highest BCUT2D eigenvalue weighted by molar-refractivity contribution is 6.34. The van der Waals surface area contributed by atoms with Crippen LogP contribution in [0, 0.1) is 24.7 Å². The monoisotopic (exact) mass is 661 g/mol. The number of aryl methyl sites for hydroxylation is 1. The summed E-state index contributed by atoms with van der Waals surface area (Å²) in [7, 11) is 0. The first-order chi connectivity index (χ1) is 22.6. The van der Waals surface area contributed by atoms with Gasteiger partial charge in [-0.3, -0.25) is 19.2 Å². The molecule has 2 aromatic carbocycles. The fourth-order valence-electron chi connectivity index (χ4n) is 7.49. The molecule has 6 rings (SSSR count). The van der Waals surface area contributed by atoms with Crippen molar-refractivity contribution in [3.63, 3.8) is 0 Å². The predicted octanol–water partition coefficient (Wildman–Crippen LogP) is 3.90. The smallest absolute Gasteiger partial charge is 0.313 e. The summed E-state index contributed by atoms with van der Waals surface area (Å²) in [5, 5.41) is 13.8. The molecule has 7 atom stereocenters. The molecule has 0 bridgehead atoms. The Labute approximate surface area is 279 Å². The molecule has 2 aromatic rings. The molecule has 2 saturated heterocycles. The fourth-order valence-corrected chi connectivity index (χ4v) is 7.81. The van der Waals surface area contributed by atoms with Crippen molar-refractivity contribution in [2.24, 2.45) is 17.8 Å². The Bertz CT molecular complexity index is 1590. The number of aliphatic hydroxyl groups is 1. The molecular formula is C36H40ClN3O7. The Morgan fingerprint density at radius 1 is 1.04 bits per heavy atom. The van der Waals surface area contributed by atoms with E-state index in [1.54, 1.807) is 41.3 Å². The maximum Gasteiger partial charge on any atom is 0.313 e. The van der Waals surface area contributed by atoms with Gasteiger partial charge in [-0.15, -0.1) is 0 Å². The number of aliphatic hydroxyl groups excluding tert-OH is 1. The highest BCUT2D eigenvalue weighted by Gasteiger charge is 2.72. The molecule has 0 saturated carbocycles. The van der Waals surface area contributed by atoms with E-state index in [4.69, 9.17) is 21.1 Å². The predicted molar refractivity (Wildman–Crippen MR) is 175 cm³/mol. The summed E-state index contributed by atoms with van der Waals surface area (Å²) < 4.78 is 12.9. The summed E-state index contributed by atoms with van der Waals surface area (Å²) >= 11 is 6.66. The lowest BCUT2D eigenvalue weighted by molar-refractivity contribution is -0.160. The van der Waals surface area contributed by atoms with Gasteiger partial charge in [-0.2, -0.15) is 0 Å². The van der Waals surface area contributed by atoms with E-state index in [0.717, 1.165) is 5.56 Å². The second kappa shape index (κ2) is 13.3. The first kappa shape index (κ1) is 32.9. The number of hydrogen-bond donors (Lipinski definition) is 2. The summed E-state index contributed by atoms with van der Waals surface area (Å²) in [6.07, 6.45) is 5.85. The first-order valence-corrected chi connectivity index (χ1v) is 16.5. The molecule has 4 aliphatic rings. The summed E-state index contributed by atoms with van der Waals surface area (Å²) in [5.74, 6) is -4.20. The molecule has 0 aromatic heterocycles. The zero-order valence-corrected chi connectivity index (χ0v) is 27.4. The number of likely N-dealkylation sites (tertiary alicyclic amines) is 1. The third kappa shape index (κ3) is 5.76. The second-order valence-electron chi connectivity index (χ2n) is 12.9. The number of esters is 1. The van der Waals surface area contributed by atoms with Crippen LogP contribution in [0.4, 0.5) is 5.69 Å². The summed E-state index contributed by atoms with van der Waals surface area (Å²) in [4.78, 5) is 59.5. The largest absolute Gasteiger partial charge is 0.455 e. The van der Waals surface area contributed by atoms with Gasteiger partial charge in [-0.1, -0.05) is 92.2 Å². The Hall–Kier alpha value is -3.99. The molecule has 2 fully saturated rings. The lowest BCUT2D eigenvalue weighted by atomic mass is 9.77. The molecule has 47 heavy (non-hydrogen) atoms.